The number of amides is 1. The van der Waals surface area contributed by atoms with Crippen LogP contribution in [-0.4, -0.2) is 32.2 Å². The lowest BCUT2D eigenvalue weighted by Crippen LogP contribution is -2.10. The molecule has 0 radical (unpaired) electrons. The van der Waals surface area contributed by atoms with Crippen LogP contribution >= 0.6 is 0 Å². The fourth-order valence-electron chi connectivity index (χ4n) is 3.96. The minimum absolute atomic E-state index is 0.164. The van der Waals surface area contributed by atoms with Gasteiger partial charge in [0.05, 0.1) is 38.2 Å². The monoisotopic (exact) mass is 488 g/mol. The van der Waals surface area contributed by atoms with E-state index in [1.54, 1.807) is 26.4 Å². The number of nitrogens with zero attached hydrogens (tertiary/aromatic N) is 1. The van der Waals surface area contributed by atoms with Gasteiger partial charge in [0, 0.05) is 46.4 Å². The highest BCUT2D eigenvalue weighted by Gasteiger charge is 2.18. The number of para-hydroxylation sites is 1. The second kappa shape index (κ2) is 10.2. The molecular weight excluding hydrogens is 464 g/mol. The molecule has 0 bridgehead atoms. The Morgan fingerprint density at radius 2 is 1.67 bits per heavy atom. The minimum atomic E-state index is -0.541. The summed E-state index contributed by atoms with van der Waals surface area (Å²) in [6.07, 6.45) is 3.05. The first-order valence-corrected chi connectivity index (χ1v) is 10.9. The number of nitrogens with one attached hydrogen (secondary N) is 1. The molecule has 0 fully saturated rings. The molecule has 4 rings (SSSR count). The molecule has 1 amide bonds. The summed E-state index contributed by atoms with van der Waals surface area (Å²) in [5, 5.41) is 14.6. The summed E-state index contributed by atoms with van der Waals surface area (Å²) in [6, 6.07) is 15.3. The van der Waals surface area contributed by atoms with E-state index in [9.17, 15) is 14.9 Å². The van der Waals surface area contributed by atoms with Crippen molar-refractivity contribution in [3.8, 4) is 28.4 Å². The molecule has 1 aromatic heterocycles. The number of benzene rings is 3. The highest BCUT2D eigenvalue weighted by atomic mass is 16.6. The molecule has 0 atom stereocenters. The zero-order valence-electron chi connectivity index (χ0n) is 20.2. The Morgan fingerprint density at radius 1 is 0.944 bits per heavy atom. The van der Waals surface area contributed by atoms with E-state index >= 15 is 0 Å². The van der Waals surface area contributed by atoms with Gasteiger partial charge in [-0.15, -0.1) is 0 Å². The van der Waals surface area contributed by atoms with Crippen LogP contribution in [0.4, 0.5) is 11.4 Å². The number of methoxy groups -OCH3 is 3. The number of non-ortho nitro benzene ring substituents is 1. The van der Waals surface area contributed by atoms with Crippen molar-refractivity contribution in [1.29, 1.82) is 0 Å². The predicted octanol–water partition coefficient (Wildman–Crippen LogP) is 6.08. The van der Waals surface area contributed by atoms with Gasteiger partial charge >= 0.3 is 0 Å². The van der Waals surface area contributed by atoms with Gasteiger partial charge in [0.2, 0.25) is 5.91 Å². The zero-order valence-corrected chi connectivity index (χ0v) is 20.2. The Balaban J connectivity index is 1.72. The van der Waals surface area contributed by atoms with Crippen molar-refractivity contribution in [3.63, 3.8) is 0 Å². The second-order valence-corrected chi connectivity index (χ2v) is 7.86. The highest BCUT2D eigenvalue weighted by molar-refractivity contribution is 6.06. The average Bonchev–Trinajstić information content (AvgIpc) is 3.30. The summed E-state index contributed by atoms with van der Waals surface area (Å²) in [6.45, 7) is 1.77. The molecule has 0 aliphatic carbocycles. The SMILES string of the molecule is COc1ccc([N+](=O)[O-])cc1NC(=O)/C=C(\C)c1cc2c(-c3ccccc3OC)coc2cc1OC. The molecule has 0 saturated heterocycles. The maximum Gasteiger partial charge on any atom is 0.271 e. The van der Waals surface area contributed by atoms with E-state index in [-0.39, 0.29) is 11.4 Å². The molecule has 1 heterocycles. The molecule has 0 spiro atoms. The molecule has 9 heteroatoms. The third-order valence-electron chi connectivity index (χ3n) is 5.72. The quantitative estimate of drug-likeness (QED) is 0.182. The van der Waals surface area contributed by atoms with Crippen molar-refractivity contribution in [1.82, 2.24) is 0 Å². The first kappa shape index (κ1) is 24.3. The van der Waals surface area contributed by atoms with Gasteiger partial charge in [-0.2, -0.15) is 0 Å². The van der Waals surface area contributed by atoms with Crippen LogP contribution in [0.25, 0.3) is 27.7 Å². The first-order chi connectivity index (χ1) is 17.4. The molecule has 0 saturated carbocycles. The summed E-state index contributed by atoms with van der Waals surface area (Å²) in [7, 11) is 4.57. The fourth-order valence-corrected chi connectivity index (χ4v) is 3.96. The number of allylic oxidation sites excluding steroid dienone is 1. The van der Waals surface area contributed by atoms with E-state index in [2.05, 4.69) is 5.32 Å². The third-order valence-corrected chi connectivity index (χ3v) is 5.72. The molecule has 3 aromatic carbocycles. The van der Waals surface area contributed by atoms with Crippen molar-refractivity contribution in [3.05, 3.63) is 82.6 Å². The van der Waals surface area contributed by atoms with Gasteiger partial charge in [0.15, 0.2) is 0 Å². The van der Waals surface area contributed by atoms with E-state index < -0.39 is 10.8 Å². The number of rotatable bonds is 8. The van der Waals surface area contributed by atoms with Crippen molar-refractivity contribution < 1.29 is 28.3 Å². The van der Waals surface area contributed by atoms with Crippen LogP contribution in [0.2, 0.25) is 0 Å². The Hall–Kier alpha value is -4.79. The lowest BCUT2D eigenvalue weighted by molar-refractivity contribution is -0.384. The van der Waals surface area contributed by atoms with Gasteiger partial charge < -0.3 is 23.9 Å². The van der Waals surface area contributed by atoms with Crippen LogP contribution in [-0.2, 0) is 4.79 Å². The summed E-state index contributed by atoms with van der Waals surface area (Å²) < 4.78 is 22.1. The Kier molecular flexibility index (Phi) is 6.91. The Morgan fingerprint density at radius 3 is 2.36 bits per heavy atom. The van der Waals surface area contributed by atoms with Crippen LogP contribution in [0.15, 0.2) is 71.4 Å². The average molecular weight is 488 g/mol. The number of furan rings is 1. The lowest BCUT2D eigenvalue weighted by atomic mass is 9.98. The van der Waals surface area contributed by atoms with E-state index in [1.807, 2.05) is 30.3 Å². The van der Waals surface area contributed by atoms with Gasteiger partial charge in [-0.05, 0) is 30.7 Å². The number of nitro benzene ring substituents is 1. The largest absolute Gasteiger partial charge is 0.496 e. The molecule has 36 heavy (non-hydrogen) atoms. The number of hydrogen-bond donors (Lipinski definition) is 1. The van der Waals surface area contributed by atoms with Crippen molar-refractivity contribution >= 4 is 33.8 Å². The van der Waals surface area contributed by atoms with E-state index in [0.29, 0.717) is 34.0 Å². The normalized spacial score (nSPS) is 11.3. The molecule has 9 nitrogen and oxygen atoms in total. The van der Waals surface area contributed by atoms with Crippen LogP contribution in [0, 0.1) is 10.1 Å². The molecule has 0 unspecified atom stereocenters. The summed E-state index contributed by atoms with van der Waals surface area (Å²) in [5.74, 6) is 1.05. The number of fused-ring (bicyclic) bond motifs is 1. The summed E-state index contributed by atoms with van der Waals surface area (Å²) >= 11 is 0. The maximum atomic E-state index is 12.8. The second-order valence-electron chi connectivity index (χ2n) is 7.86. The molecule has 4 aromatic rings. The zero-order chi connectivity index (χ0) is 25.8. The number of nitro groups is 1. The van der Waals surface area contributed by atoms with Crippen LogP contribution in [0.3, 0.4) is 0 Å². The topological polar surface area (TPSA) is 113 Å². The van der Waals surface area contributed by atoms with Crippen molar-refractivity contribution in [2.75, 3.05) is 26.6 Å². The summed E-state index contributed by atoms with van der Waals surface area (Å²) in [4.78, 5) is 23.4. The molecular formula is C27H24N2O7. The Bertz CT molecular complexity index is 1490. The van der Waals surface area contributed by atoms with E-state index in [4.69, 9.17) is 18.6 Å². The minimum Gasteiger partial charge on any atom is -0.496 e. The molecule has 0 aliphatic heterocycles. The highest BCUT2D eigenvalue weighted by Crippen LogP contribution is 2.40. The van der Waals surface area contributed by atoms with Crippen molar-refractivity contribution in [2.24, 2.45) is 0 Å². The van der Waals surface area contributed by atoms with Gasteiger partial charge in [-0.25, -0.2) is 0 Å². The van der Waals surface area contributed by atoms with E-state index in [1.165, 1.54) is 38.5 Å². The third kappa shape index (κ3) is 4.72. The van der Waals surface area contributed by atoms with Gasteiger partial charge in [0.25, 0.3) is 5.69 Å². The molecule has 1 N–H and O–H groups in total. The van der Waals surface area contributed by atoms with Gasteiger partial charge in [-0.3, -0.25) is 14.9 Å². The van der Waals surface area contributed by atoms with Crippen molar-refractivity contribution in [2.45, 2.75) is 6.92 Å². The Labute approximate surface area is 207 Å². The first-order valence-electron chi connectivity index (χ1n) is 10.9. The summed E-state index contributed by atoms with van der Waals surface area (Å²) in [5.41, 5.74) is 3.65. The molecule has 0 aliphatic rings. The van der Waals surface area contributed by atoms with Gasteiger partial charge in [0.1, 0.15) is 22.8 Å². The number of carbonyl (C=O) groups excluding carboxylic acids is 1. The van der Waals surface area contributed by atoms with Crippen LogP contribution in [0.5, 0.6) is 17.2 Å². The number of carbonyl (C=O) groups is 1. The lowest BCUT2D eigenvalue weighted by Gasteiger charge is -2.12. The number of anilines is 1. The fraction of sp³-hybridized carbons (Fsp3) is 0.148. The van der Waals surface area contributed by atoms with Crippen LogP contribution < -0.4 is 19.5 Å². The molecule has 184 valence electrons. The predicted molar refractivity (Wildman–Crippen MR) is 137 cm³/mol. The smallest absolute Gasteiger partial charge is 0.271 e. The van der Waals surface area contributed by atoms with E-state index in [0.717, 1.165) is 16.5 Å². The maximum absolute atomic E-state index is 12.8. The standard InChI is InChI=1S/C27H24N2O7/c1-16(11-27(30)28-22-12-17(29(31)32)9-10-24(22)34-3)19-13-20-21(15-36-26(20)14-25(19)35-4)18-7-5-6-8-23(18)33-2/h5-15H,1-4H3,(H,28,30)/b16-11+. The van der Waals surface area contributed by atoms with Crippen LogP contribution in [0.1, 0.15) is 12.5 Å². The number of hydrogen-bond acceptors (Lipinski definition) is 7. The number of ether oxygens (including phenoxy) is 3. The van der Waals surface area contributed by atoms with Gasteiger partial charge in [-0.1, -0.05) is 18.2 Å².